The Hall–Kier alpha value is -1.40. The summed E-state index contributed by atoms with van der Waals surface area (Å²) < 4.78 is 11.4. The molecule has 1 atom stereocenters. The van der Waals surface area contributed by atoms with Crippen LogP contribution in [0.2, 0.25) is 0 Å². The zero-order chi connectivity index (χ0) is 17.8. The number of ether oxygens (including phenoxy) is 2. The molecule has 1 aliphatic carbocycles. The number of fused-ring (bicyclic) bond motifs is 1. The normalized spacial score (nSPS) is 24.2. The molecule has 142 valence electrons. The predicted octanol–water partition coefficient (Wildman–Crippen LogP) is 2.48. The van der Waals surface area contributed by atoms with E-state index in [4.69, 9.17) is 9.47 Å². The molecular formula is C20H28N2O3S. The summed E-state index contributed by atoms with van der Waals surface area (Å²) in [7, 11) is 0. The quantitative estimate of drug-likeness (QED) is 0.827. The molecule has 2 aliphatic heterocycles. The van der Waals surface area contributed by atoms with Crippen molar-refractivity contribution in [2.45, 2.75) is 43.6 Å². The molecule has 1 saturated heterocycles. The average Bonchev–Trinajstić information content (AvgIpc) is 3.17. The van der Waals surface area contributed by atoms with Gasteiger partial charge in [-0.1, -0.05) is 18.9 Å². The zero-order valence-corrected chi connectivity index (χ0v) is 16.0. The van der Waals surface area contributed by atoms with Crippen LogP contribution in [0.25, 0.3) is 0 Å². The van der Waals surface area contributed by atoms with Crippen molar-refractivity contribution in [3.8, 4) is 11.5 Å². The summed E-state index contributed by atoms with van der Waals surface area (Å²) in [4.78, 5) is 12.5. The molecule has 2 heterocycles. The molecule has 2 fully saturated rings. The third-order valence-electron chi connectivity index (χ3n) is 5.77. The van der Waals surface area contributed by atoms with E-state index in [-0.39, 0.29) is 11.3 Å². The number of thioether (sulfide) groups is 1. The van der Waals surface area contributed by atoms with Crippen molar-refractivity contribution in [1.29, 1.82) is 0 Å². The molecule has 1 saturated carbocycles. The Kier molecular flexibility index (Phi) is 5.60. The van der Waals surface area contributed by atoms with Crippen LogP contribution >= 0.6 is 11.8 Å². The van der Waals surface area contributed by atoms with E-state index >= 15 is 0 Å². The van der Waals surface area contributed by atoms with Gasteiger partial charge in [0.15, 0.2) is 11.5 Å². The smallest absolute Gasteiger partial charge is 0.221 e. The molecule has 1 aromatic rings. The SMILES string of the molecule is O=C(CC1CSCCN1)NCC1(c2ccc3c(c2)OCCO3)CCCC1. The third-order valence-corrected chi connectivity index (χ3v) is 6.90. The van der Waals surface area contributed by atoms with Gasteiger partial charge in [-0.2, -0.15) is 11.8 Å². The lowest BCUT2D eigenvalue weighted by molar-refractivity contribution is -0.121. The van der Waals surface area contributed by atoms with Crippen LogP contribution in [0, 0.1) is 0 Å². The summed E-state index contributed by atoms with van der Waals surface area (Å²) in [5.74, 6) is 4.01. The number of hydrogen-bond acceptors (Lipinski definition) is 5. The second-order valence-corrected chi connectivity index (χ2v) is 8.70. The minimum Gasteiger partial charge on any atom is -0.486 e. The van der Waals surface area contributed by atoms with E-state index in [2.05, 4.69) is 22.8 Å². The van der Waals surface area contributed by atoms with E-state index in [1.807, 2.05) is 17.8 Å². The van der Waals surface area contributed by atoms with Crippen LogP contribution in [-0.2, 0) is 10.2 Å². The van der Waals surface area contributed by atoms with Gasteiger partial charge in [-0.15, -0.1) is 0 Å². The minimum absolute atomic E-state index is 0.0280. The van der Waals surface area contributed by atoms with Gasteiger partial charge in [-0.05, 0) is 30.5 Å². The summed E-state index contributed by atoms with van der Waals surface area (Å²) in [6.45, 7) is 2.93. The summed E-state index contributed by atoms with van der Waals surface area (Å²) >= 11 is 1.93. The molecule has 0 aromatic heterocycles. The maximum atomic E-state index is 12.5. The van der Waals surface area contributed by atoms with E-state index in [0.717, 1.165) is 42.4 Å². The first-order chi connectivity index (χ1) is 12.8. The minimum atomic E-state index is 0.0280. The van der Waals surface area contributed by atoms with Crippen molar-refractivity contribution in [1.82, 2.24) is 10.6 Å². The Bertz CT molecular complexity index is 640. The summed E-state index contributed by atoms with van der Waals surface area (Å²) in [6.07, 6.45) is 5.23. The Morgan fingerprint density at radius 2 is 2.04 bits per heavy atom. The monoisotopic (exact) mass is 376 g/mol. The van der Waals surface area contributed by atoms with Gasteiger partial charge < -0.3 is 20.1 Å². The molecule has 1 unspecified atom stereocenters. The molecule has 26 heavy (non-hydrogen) atoms. The Labute approximate surface area is 159 Å². The van der Waals surface area contributed by atoms with Gasteiger partial charge in [0.1, 0.15) is 13.2 Å². The molecule has 1 aromatic carbocycles. The average molecular weight is 377 g/mol. The predicted molar refractivity (Wildman–Crippen MR) is 104 cm³/mol. The Morgan fingerprint density at radius 3 is 2.81 bits per heavy atom. The highest BCUT2D eigenvalue weighted by molar-refractivity contribution is 7.99. The van der Waals surface area contributed by atoms with Crippen molar-refractivity contribution in [2.75, 3.05) is 37.8 Å². The molecule has 5 nitrogen and oxygen atoms in total. The number of nitrogens with one attached hydrogen (secondary N) is 2. The highest BCUT2D eigenvalue weighted by atomic mass is 32.2. The van der Waals surface area contributed by atoms with Crippen LogP contribution in [0.5, 0.6) is 11.5 Å². The first kappa shape index (κ1) is 18.0. The highest BCUT2D eigenvalue weighted by Crippen LogP contribution is 2.43. The number of hydrogen-bond donors (Lipinski definition) is 2. The molecule has 0 spiro atoms. The molecule has 0 bridgehead atoms. The van der Waals surface area contributed by atoms with Crippen LogP contribution in [0.15, 0.2) is 18.2 Å². The van der Waals surface area contributed by atoms with Gasteiger partial charge in [0.25, 0.3) is 0 Å². The molecular weight excluding hydrogens is 348 g/mol. The number of rotatable bonds is 5. The van der Waals surface area contributed by atoms with Gasteiger partial charge in [0.2, 0.25) is 5.91 Å². The number of benzene rings is 1. The molecule has 1 amide bonds. The van der Waals surface area contributed by atoms with Gasteiger partial charge in [0.05, 0.1) is 0 Å². The van der Waals surface area contributed by atoms with Gasteiger partial charge in [0, 0.05) is 42.5 Å². The molecule has 2 N–H and O–H groups in total. The maximum absolute atomic E-state index is 12.5. The fourth-order valence-corrected chi connectivity index (χ4v) is 5.26. The van der Waals surface area contributed by atoms with Crippen LogP contribution in [0.4, 0.5) is 0 Å². The van der Waals surface area contributed by atoms with Crippen LogP contribution < -0.4 is 20.1 Å². The number of carbonyl (C=O) groups is 1. The zero-order valence-electron chi connectivity index (χ0n) is 15.2. The lowest BCUT2D eigenvalue weighted by Crippen LogP contribution is -2.44. The van der Waals surface area contributed by atoms with Gasteiger partial charge >= 0.3 is 0 Å². The van der Waals surface area contributed by atoms with Crippen molar-refractivity contribution < 1.29 is 14.3 Å². The standard InChI is InChI=1S/C20H28N2O3S/c23-19(12-16-13-26-10-7-21-16)22-14-20(5-1-2-6-20)15-3-4-17-18(11-15)25-9-8-24-17/h3-4,11,16,21H,1-2,5-10,12-14H2,(H,22,23). The molecule has 4 rings (SSSR count). The molecule has 6 heteroatoms. The van der Waals surface area contributed by atoms with Gasteiger partial charge in [-0.25, -0.2) is 0 Å². The van der Waals surface area contributed by atoms with E-state index in [1.165, 1.54) is 18.4 Å². The Balaban J connectivity index is 1.42. The van der Waals surface area contributed by atoms with E-state index in [0.29, 0.717) is 32.2 Å². The van der Waals surface area contributed by atoms with Crippen molar-refractivity contribution in [3.63, 3.8) is 0 Å². The first-order valence-electron chi connectivity index (χ1n) is 9.73. The van der Waals surface area contributed by atoms with Crippen molar-refractivity contribution in [2.24, 2.45) is 0 Å². The lowest BCUT2D eigenvalue weighted by atomic mass is 9.78. The van der Waals surface area contributed by atoms with E-state index < -0.39 is 0 Å². The van der Waals surface area contributed by atoms with Crippen molar-refractivity contribution in [3.05, 3.63) is 23.8 Å². The van der Waals surface area contributed by atoms with Crippen molar-refractivity contribution >= 4 is 17.7 Å². The Morgan fingerprint density at radius 1 is 1.23 bits per heavy atom. The van der Waals surface area contributed by atoms with E-state index in [1.54, 1.807) is 0 Å². The fourth-order valence-electron chi connectivity index (χ4n) is 4.31. The van der Waals surface area contributed by atoms with E-state index in [9.17, 15) is 4.79 Å². The molecule has 0 radical (unpaired) electrons. The summed E-state index contributed by atoms with van der Waals surface area (Å²) in [5.41, 5.74) is 1.30. The number of carbonyl (C=O) groups excluding carboxylic acids is 1. The second kappa shape index (κ2) is 8.09. The molecule has 3 aliphatic rings. The largest absolute Gasteiger partial charge is 0.486 e. The van der Waals surface area contributed by atoms with Crippen LogP contribution in [0.1, 0.15) is 37.7 Å². The fraction of sp³-hybridized carbons (Fsp3) is 0.650. The maximum Gasteiger partial charge on any atom is 0.221 e. The number of amides is 1. The van der Waals surface area contributed by atoms with Gasteiger partial charge in [-0.3, -0.25) is 4.79 Å². The van der Waals surface area contributed by atoms with Crippen LogP contribution in [-0.4, -0.2) is 49.8 Å². The lowest BCUT2D eigenvalue weighted by Gasteiger charge is -2.32. The summed E-state index contributed by atoms with van der Waals surface area (Å²) in [6, 6.07) is 6.62. The highest BCUT2D eigenvalue weighted by Gasteiger charge is 2.37. The second-order valence-electron chi connectivity index (χ2n) is 7.55. The summed E-state index contributed by atoms with van der Waals surface area (Å²) in [5, 5.41) is 6.67. The van der Waals surface area contributed by atoms with Crippen LogP contribution in [0.3, 0.4) is 0 Å². The topological polar surface area (TPSA) is 59.6 Å². The first-order valence-corrected chi connectivity index (χ1v) is 10.9. The third kappa shape index (κ3) is 3.96.